The fourth-order valence-electron chi connectivity index (χ4n) is 2.24. The van der Waals surface area contributed by atoms with E-state index in [-0.39, 0.29) is 17.5 Å². The molecule has 0 radical (unpaired) electrons. The average molecular weight is 283 g/mol. The largest absolute Gasteiger partial charge is 0.487 e. The molecule has 2 rings (SSSR count). The fraction of sp³-hybridized carbons (Fsp3) is 0.462. The highest BCUT2D eigenvalue weighted by Gasteiger charge is 2.40. The fourth-order valence-corrected chi connectivity index (χ4v) is 4.20. The summed E-state index contributed by atoms with van der Waals surface area (Å²) in [4.78, 5) is 12.8. The smallest absolute Gasteiger partial charge is 0.155 e. The van der Waals surface area contributed by atoms with Gasteiger partial charge in [0, 0.05) is 0 Å². The monoisotopic (exact) mass is 283 g/mol. The number of hydrogen-bond acceptors (Lipinski definition) is 5. The van der Waals surface area contributed by atoms with Crippen molar-refractivity contribution >= 4 is 16.1 Å². The number of benzene rings is 1. The Bertz CT molecular complexity index is 568. The zero-order chi connectivity index (χ0) is 14.0. The van der Waals surface area contributed by atoms with E-state index in [1.165, 1.54) is 0 Å². The van der Waals surface area contributed by atoms with E-state index in [2.05, 4.69) is 0 Å². The van der Waals surface area contributed by atoms with E-state index in [0.29, 0.717) is 17.6 Å². The second-order valence-electron chi connectivity index (χ2n) is 4.92. The molecule has 1 aromatic carbocycles. The van der Waals surface area contributed by atoms with Crippen LogP contribution in [0.1, 0.15) is 10.4 Å². The van der Waals surface area contributed by atoms with Gasteiger partial charge in [0.15, 0.2) is 16.1 Å². The van der Waals surface area contributed by atoms with E-state index in [1.54, 1.807) is 24.3 Å². The summed E-state index contributed by atoms with van der Waals surface area (Å²) < 4.78 is 29.2. The van der Waals surface area contributed by atoms with Gasteiger partial charge in [-0.25, -0.2) is 8.42 Å². The molecule has 5 nitrogen and oxygen atoms in total. The van der Waals surface area contributed by atoms with Gasteiger partial charge in [0.2, 0.25) is 0 Å². The molecular weight excluding hydrogens is 266 g/mol. The van der Waals surface area contributed by atoms with Crippen LogP contribution in [0.5, 0.6) is 5.75 Å². The lowest BCUT2D eigenvalue weighted by molar-refractivity contribution is 0.110. The summed E-state index contributed by atoms with van der Waals surface area (Å²) in [5.41, 5.74) is 0.435. The molecule has 0 aromatic heterocycles. The van der Waals surface area contributed by atoms with Gasteiger partial charge in [0.1, 0.15) is 11.9 Å². The molecule has 1 aliphatic heterocycles. The van der Waals surface area contributed by atoms with E-state index in [9.17, 15) is 13.2 Å². The minimum absolute atomic E-state index is 0.0109. The molecule has 1 aliphatic rings. The SMILES string of the molecule is CN(C)C1CS(=O)(=O)CC1Oc1ccccc1C=O. The van der Waals surface area contributed by atoms with E-state index >= 15 is 0 Å². The number of carbonyl (C=O) groups is 1. The van der Waals surface area contributed by atoms with Crippen LogP contribution in [0, 0.1) is 0 Å². The van der Waals surface area contributed by atoms with Gasteiger partial charge in [-0.1, -0.05) is 12.1 Å². The van der Waals surface area contributed by atoms with Crippen molar-refractivity contribution < 1.29 is 17.9 Å². The van der Waals surface area contributed by atoms with Crippen molar-refractivity contribution in [3.8, 4) is 5.75 Å². The minimum Gasteiger partial charge on any atom is -0.487 e. The number of sulfone groups is 1. The molecule has 2 unspecified atom stereocenters. The van der Waals surface area contributed by atoms with Crippen molar-refractivity contribution in [2.45, 2.75) is 12.1 Å². The highest BCUT2D eigenvalue weighted by Crippen LogP contribution is 2.24. The van der Waals surface area contributed by atoms with Crippen LogP contribution in [0.4, 0.5) is 0 Å². The van der Waals surface area contributed by atoms with E-state index in [4.69, 9.17) is 4.74 Å². The summed E-state index contributed by atoms with van der Waals surface area (Å²) in [6, 6.07) is 6.64. The maximum Gasteiger partial charge on any atom is 0.155 e. The number of nitrogens with zero attached hydrogens (tertiary/aromatic N) is 1. The number of aldehydes is 1. The van der Waals surface area contributed by atoms with Crippen molar-refractivity contribution in [2.75, 3.05) is 25.6 Å². The summed E-state index contributed by atoms with van der Waals surface area (Å²) >= 11 is 0. The van der Waals surface area contributed by atoms with Crippen molar-refractivity contribution in [3.63, 3.8) is 0 Å². The molecule has 2 atom stereocenters. The Morgan fingerprint density at radius 3 is 2.58 bits per heavy atom. The zero-order valence-electron chi connectivity index (χ0n) is 10.9. The minimum atomic E-state index is -3.08. The van der Waals surface area contributed by atoms with Gasteiger partial charge in [0.25, 0.3) is 0 Å². The van der Waals surface area contributed by atoms with Gasteiger partial charge in [-0.2, -0.15) is 0 Å². The third-order valence-corrected chi connectivity index (χ3v) is 4.95. The normalized spacial score (nSPS) is 25.4. The molecule has 0 saturated carbocycles. The topological polar surface area (TPSA) is 63.7 Å². The summed E-state index contributed by atoms with van der Waals surface area (Å²) in [5, 5.41) is 0. The van der Waals surface area contributed by atoms with Crippen LogP contribution in [0.2, 0.25) is 0 Å². The molecule has 1 aromatic rings. The van der Waals surface area contributed by atoms with Crippen LogP contribution < -0.4 is 4.74 Å². The van der Waals surface area contributed by atoms with Gasteiger partial charge >= 0.3 is 0 Å². The van der Waals surface area contributed by atoms with E-state index in [1.807, 2.05) is 19.0 Å². The standard InChI is InChI=1S/C13H17NO4S/c1-14(2)11-8-19(16,17)9-13(11)18-12-6-4-3-5-10(12)7-15/h3-7,11,13H,8-9H2,1-2H3. The molecule has 1 heterocycles. The molecule has 0 amide bonds. The average Bonchev–Trinajstić information content (AvgIpc) is 2.65. The Balaban J connectivity index is 2.24. The van der Waals surface area contributed by atoms with Gasteiger partial charge < -0.3 is 9.64 Å². The van der Waals surface area contributed by atoms with Gasteiger partial charge in [-0.3, -0.25) is 4.79 Å². The van der Waals surface area contributed by atoms with Crippen molar-refractivity contribution in [1.82, 2.24) is 4.90 Å². The molecule has 0 spiro atoms. The first-order valence-corrected chi connectivity index (χ1v) is 7.83. The Kier molecular flexibility index (Phi) is 3.91. The summed E-state index contributed by atoms with van der Waals surface area (Å²) in [7, 11) is 0.569. The molecule has 0 aliphatic carbocycles. The maximum absolute atomic E-state index is 11.7. The van der Waals surface area contributed by atoms with Crippen molar-refractivity contribution in [1.29, 1.82) is 0 Å². The highest BCUT2D eigenvalue weighted by molar-refractivity contribution is 7.91. The van der Waals surface area contributed by atoms with Crippen LogP contribution in [-0.2, 0) is 9.84 Å². The molecular formula is C13H17NO4S. The predicted octanol–water partition coefficient (Wildman–Crippen LogP) is 0.605. The van der Waals surface area contributed by atoms with Crippen LogP contribution in [0.25, 0.3) is 0 Å². The van der Waals surface area contributed by atoms with Crippen LogP contribution >= 0.6 is 0 Å². The van der Waals surface area contributed by atoms with Crippen LogP contribution in [-0.4, -0.2) is 57.4 Å². The van der Waals surface area contributed by atoms with Crippen molar-refractivity contribution in [3.05, 3.63) is 29.8 Å². The second-order valence-corrected chi connectivity index (χ2v) is 7.07. The third-order valence-electron chi connectivity index (χ3n) is 3.26. The Hall–Kier alpha value is -1.40. The quantitative estimate of drug-likeness (QED) is 0.757. The molecule has 6 heteroatoms. The summed E-state index contributed by atoms with van der Waals surface area (Å²) in [6.45, 7) is 0. The molecule has 1 saturated heterocycles. The third kappa shape index (κ3) is 3.13. The first-order valence-electron chi connectivity index (χ1n) is 6.00. The Labute approximate surface area is 113 Å². The van der Waals surface area contributed by atoms with E-state index < -0.39 is 15.9 Å². The lowest BCUT2D eigenvalue weighted by Crippen LogP contribution is -2.41. The first-order chi connectivity index (χ1) is 8.93. The number of carbonyl (C=O) groups excluding carboxylic acids is 1. The van der Waals surface area contributed by atoms with Crippen LogP contribution in [0.3, 0.4) is 0 Å². The number of likely N-dealkylation sites (N-methyl/N-ethyl adjacent to an activating group) is 1. The lowest BCUT2D eigenvalue weighted by Gasteiger charge is -2.25. The number of hydrogen-bond donors (Lipinski definition) is 0. The lowest BCUT2D eigenvalue weighted by atomic mass is 10.2. The summed E-state index contributed by atoms with van der Waals surface area (Å²) in [5.74, 6) is 0.517. The van der Waals surface area contributed by atoms with Gasteiger partial charge in [-0.05, 0) is 26.2 Å². The van der Waals surface area contributed by atoms with E-state index in [0.717, 1.165) is 0 Å². The Morgan fingerprint density at radius 1 is 1.26 bits per heavy atom. The highest BCUT2D eigenvalue weighted by atomic mass is 32.2. The molecule has 104 valence electrons. The van der Waals surface area contributed by atoms with Gasteiger partial charge in [-0.15, -0.1) is 0 Å². The molecule has 0 bridgehead atoms. The number of ether oxygens (including phenoxy) is 1. The Morgan fingerprint density at radius 2 is 1.95 bits per heavy atom. The molecule has 19 heavy (non-hydrogen) atoms. The zero-order valence-corrected chi connectivity index (χ0v) is 11.8. The second kappa shape index (κ2) is 5.30. The van der Waals surface area contributed by atoms with Crippen LogP contribution in [0.15, 0.2) is 24.3 Å². The number of rotatable bonds is 4. The molecule has 1 fully saturated rings. The number of para-hydroxylation sites is 1. The first kappa shape index (κ1) is 14.0. The maximum atomic E-state index is 11.7. The predicted molar refractivity (Wildman–Crippen MR) is 72.4 cm³/mol. The summed E-state index contributed by atoms with van der Waals surface area (Å²) in [6.07, 6.45) is 0.268. The molecule has 0 N–H and O–H groups in total. The van der Waals surface area contributed by atoms with Gasteiger partial charge in [0.05, 0.1) is 23.1 Å². The van der Waals surface area contributed by atoms with Crippen molar-refractivity contribution in [2.24, 2.45) is 0 Å².